The van der Waals surface area contributed by atoms with Crippen LogP contribution >= 0.6 is 12.2 Å². The predicted octanol–water partition coefficient (Wildman–Crippen LogP) is 2.88. The summed E-state index contributed by atoms with van der Waals surface area (Å²) in [6, 6.07) is 0.403. The van der Waals surface area contributed by atoms with Crippen molar-refractivity contribution in [3.8, 4) is 0 Å². The zero-order chi connectivity index (χ0) is 12.6. The van der Waals surface area contributed by atoms with Crippen LogP contribution in [0.4, 0.5) is 0 Å². The van der Waals surface area contributed by atoms with E-state index in [0.717, 1.165) is 29.9 Å². The molecule has 1 aliphatic carbocycles. The summed E-state index contributed by atoms with van der Waals surface area (Å²) in [4.78, 5) is 0. The maximum Gasteiger partial charge on any atom is 0.195 e. The first-order chi connectivity index (χ1) is 8.02. The molecule has 1 heterocycles. The van der Waals surface area contributed by atoms with Crippen molar-refractivity contribution in [2.75, 3.05) is 7.11 Å². The fourth-order valence-corrected chi connectivity index (χ4v) is 3.04. The molecule has 1 N–H and O–H groups in total. The quantitative estimate of drug-likeness (QED) is 0.841. The number of rotatable bonds is 4. The van der Waals surface area contributed by atoms with Gasteiger partial charge in [0.1, 0.15) is 5.82 Å². The van der Waals surface area contributed by atoms with Gasteiger partial charge >= 0.3 is 0 Å². The Morgan fingerprint density at radius 1 is 1.59 bits per heavy atom. The topological polar surface area (TPSA) is 42.8 Å². The van der Waals surface area contributed by atoms with Crippen LogP contribution in [-0.4, -0.2) is 28.0 Å². The predicted molar refractivity (Wildman–Crippen MR) is 69.6 cm³/mol. The van der Waals surface area contributed by atoms with Crippen molar-refractivity contribution < 1.29 is 4.74 Å². The number of aromatic nitrogens is 3. The number of nitrogens with one attached hydrogen (secondary N) is 1. The summed E-state index contributed by atoms with van der Waals surface area (Å²) in [6.07, 6.45) is 3.39. The Balaban J connectivity index is 2.30. The van der Waals surface area contributed by atoms with E-state index in [2.05, 4.69) is 35.5 Å². The average Bonchev–Trinajstić information content (AvgIpc) is 2.61. The van der Waals surface area contributed by atoms with Crippen LogP contribution in [0.5, 0.6) is 0 Å². The number of hydrogen-bond acceptors (Lipinski definition) is 3. The number of H-pyrrole nitrogens is 1. The van der Waals surface area contributed by atoms with Crippen LogP contribution < -0.4 is 0 Å². The van der Waals surface area contributed by atoms with E-state index >= 15 is 0 Å². The smallest absolute Gasteiger partial charge is 0.195 e. The molecule has 2 rings (SSSR count). The molecule has 4 nitrogen and oxygen atoms in total. The number of aryl methyl sites for hydroxylation is 1. The molecule has 2 atom stereocenters. The highest BCUT2D eigenvalue weighted by Crippen LogP contribution is 2.51. The molecule has 5 heteroatoms. The van der Waals surface area contributed by atoms with Crippen LogP contribution in [0, 0.1) is 10.2 Å². The van der Waals surface area contributed by atoms with Gasteiger partial charge in [0, 0.05) is 25.0 Å². The van der Waals surface area contributed by atoms with Gasteiger partial charge in [0.2, 0.25) is 0 Å². The van der Waals surface area contributed by atoms with Crippen molar-refractivity contribution in [1.82, 2.24) is 14.8 Å². The molecule has 0 radical (unpaired) electrons. The second-order valence-corrected chi connectivity index (χ2v) is 5.75. The summed E-state index contributed by atoms with van der Waals surface area (Å²) in [5.41, 5.74) is 0.124. The fourth-order valence-electron chi connectivity index (χ4n) is 2.76. The summed E-state index contributed by atoms with van der Waals surface area (Å²) in [7, 11) is 1.78. The molecule has 2 unspecified atom stereocenters. The summed E-state index contributed by atoms with van der Waals surface area (Å²) in [6.45, 7) is 6.63. The highest BCUT2D eigenvalue weighted by molar-refractivity contribution is 7.71. The number of nitrogens with zero attached hydrogens (tertiary/aromatic N) is 2. The van der Waals surface area contributed by atoms with Crippen molar-refractivity contribution in [1.29, 1.82) is 0 Å². The second-order valence-electron chi connectivity index (χ2n) is 5.36. The van der Waals surface area contributed by atoms with Crippen molar-refractivity contribution in [2.45, 2.75) is 52.2 Å². The molecule has 96 valence electrons. The lowest BCUT2D eigenvalue weighted by atomic mass is 9.64. The summed E-state index contributed by atoms with van der Waals surface area (Å²) < 4.78 is 8.42. The Bertz CT molecular complexity index is 449. The molecule has 1 aromatic rings. The van der Waals surface area contributed by atoms with Crippen molar-refractivity contribution in [3.63, 3.8) is 0 Å². The molecule has 0 aliphatic heterocycles. The van der Waals surface area contributed by atoms with Gasteiger partial charge in [0.05, 0.1) is 6.10 Å². The average molecular weight is 255 g/mol. The normalized spacial score (nSPS) is 26.8. The maximum absolute atomic E-state index is 5.49. The van der Waals surface area contributed by atoms with Gasteiger partial charge in [0.15, 0.2) is 4.77 Å². The summed E-state index contributed by atoms with van der Waals surface area (Å²) in [5.74, 6) is 1.07. The van der Waals surface area contributed by atoms with Crippen LogP contribution in [-0.2, 0) is 11.2 Å². The zero-order valence-electron chi connectivity index (χ0n) is 11.0. The van der Waals surface area contributed by atoms with E-state index in [1.807, 2.05) is 0 Å². The largest absolute Gasteiger partial charge is 0.381 e. The Morgan fingerprint density at radius 3 is 2.82 bits per heavy atom. The standard InChI is InChI=1S/C12H21N3OS/c1-5-6-10-13-14-11(17)15(10)8-7-9(16-4)12(8,2)3/h8-9H,5-7H2,1-4H3,(H,14,17). The minimum absolute atomic E-state index is 0.124. The van der Waals surface area contributed by atoms with Gasteiger partial charge in [-0.05, 0) is 25.1 Å². The lowest BCUT2D eigenvalue weighted by molar-refractivity contribution is -0.113. The van der Waals surface area contributed by atoms with E-state index in [4.69, 9.17) is 17.0 Å². The van der Waals surface area contributed by atoms with Gasteiger partial charge in [0.25, 0.3) is 0 Å². The highest BCUT2D eigenvalue weighted by atomic mass is 32.1. The molecule has 0 saturated heterocycles. The Labute approximate surface area is 107 Å². The molecule has 0 bridgehead atoms. The third-order valence-electron chi connectivity index (χ3n) is 3.97. The summed E-state index contributed by atoms with van der Waals surface area (Å²) >= 11 is 5.35. The van der Waals surface area contributed by atoms with E-state index in [1.54, 1.807) is 7.11 Å². The number of methoxy groups -OCH3 is 1. The fraction of sp³-hybridized carbons (Fsp3) is 0.833. The van der Waals surface area contributed by atoms with Gasteiger partial charge in [-0.2, -0.15) is 5.10 Å². The first kappa shape index (κ1) is 12.8. The molecule has 1 saturated carbocycles. The third-order valence-corrected chi connectivity index (χ3v) is 4.26. The molecule has 1 fully saturated rings. The molecule has 0 amide bonds. The molecule has 1 aliphatic rings. The van der Waals surface area contributed by atoms with Gasteiger partial charge in [-0.25, -0.2) is 0 Å². The lowest BCUT2D eigenvalue weighted by Crippen LogP contribution is -2.51. The third kappa shape index (κ3) is 1.95. The second kappa shape index (κ2) is 4.53. The van der Waals surface area contributed by atoms with Crippen LogP contribution in [0.3, 0.4) is 0 Å². The Hall–Kier alpha value is -0.680. The first-order valence-corrected chi connectivity index (χ1v) is 6.61. The molecule has 0 spiro atoms. The van der Waals surface area contributed by atoms with Gasteiger partial charge in [-0.15, -0.1) is 0 Å². The molecular formula is C12H21N3OS. The zero-order valence-corrected chi connectivity index (χ0v) is 11.8. The first-order valence-electron chi connectivity index (χ1n) is 6.21. The number of hydrogen-bond donors (Lipinski definition) is 1. The maximum atomic E-state index is 5.49. The minimum atomic E-state index is 0.124. The molecule has 0 aromatic carbocycles. The van der Waals surface area contributed by atoms with Crippen LogP contribution in [0.1, 0.15) is 45.5 Å². The molecular weight excluding hydrogens is 234 g/mol. The monoisotopic (exact) mass is 255 g/mol. The van der Waals surface area contributed by atoms with Crippen LogP contribution in [0.2, 0.25) is 0 Å². The highest BCUT2D eigenvalue weighted by Gasteiger charge is 2.50. The van der Waals surface area contributed by atoms with Crippen molar-refractivity contribution >= 4 is 12.2 Å². The van der Waals surface area contributed by atoms with E-state index < -0.39 is 0 Å². The molecule has 1 aromatic heterocycles. The minimum Gasteiger partial charge on any atom is -0.381 e. The van der Waals surface area contributed by atoms with Gasteiger partial charge < -0.3 is 9.30 Å². The van der Waals surface area contributed by atoms with Gasteiger partial charge in [-0.3, -0.25) is 5.10 Å². The van der Waals surface area contributed by atoms with Crippen molar-refractivity contribution in [3.05, 3.63) is 10.6 Å². The van der Waals surface area contributed by atoms with E-state index in [1.165, 1.54) is 0 Å². The van der Waals surface area contributed by atoms with E-state index in [9.17, 15) is 0 Å². The number of ether oxygens (including phenoxy) is 1. The molecule has 17 heavy (non-hydrogen) atoms. The Morgan fingerprint density at radius 2 is 2.29 bits per heavy atom. The Kier molecular flexibility index (Phi) is 3.41. The SMILES string of the molecule is CCCc1n[nH]c(=S)n1C1CC(OC)C1(C)C. The van der Waals surface area contributed by atoms with Crippen molar-refractivity contribution in [2.24, 2.45) is 5.41 Å². The van der Waals surface area contributed by atoms with Gasteiger partial charge in [-0.1, -0.05) is 20.8 Å². The summed E-state index contributed by atoms with van der Waals surface area (Å²) in [5, 5.41) is 7.25. The van der Waals surface area contributed by atoms with E-state index in [-0.39, 0.29) is 5.41 Å². The lowest BCUT2D eigenvalue weighted by Gasteiger charge is -2.51. The van der Waals surface area contributed by atoms with Crippen LogP contribution in [0.25, 0.3) is 0 Å². The van der Waals surface area contributed by atoms with E-state index in [0.29, 0.717) is 12.1 Å². The van der Waals surface area contributed by atoms with Crippen LogP contribution in [0.15, 0.2) is 0 Å². The number of aromatic amines is 1.